The summed E-state index contributed by atoms with van der Waals surface area (Å²) in [5.41, 5.74) is 2.52. The first kappa shape index (κ1) is 21.5. The van der Waals surface area contributed by atoms with Gasteiger partial charge in [-0.05, 0) is 75.3 Å². The maximum Gasteiger partial charge on any atom is 0.410 e. The Morgan fingerprint density at radius 3 is 2.68 bits per heavy atom. The predicted molar refractivity (Wildman–Crippen MR) is 129 cm³/mol. The molecule has 0 radical (unpaired) electrons. The molecule has 8 atom stereocenters. The lowest BCUT2D eigenvalue weighted by Gasteiger charge is -2.69. The van der Waals surface area contributed by atoms with Gasteiger partial charge in [-0.1, -0.05) is 39.8 Å². The molecule has 0 aromatic heterocycles. The SMILES string of the molecule is CCOC(=O)N1[C@@H]2C13Cc1ccc(C)c4c1[C@@]1(C3)C(O4)C3(C)CCC21CC3C(C)(O)C(C)(C)C. The zero-order chi connectivity index (χ0) is 24.3. The van der Waals surface area contributed by atoms with Crippen LogP contribution in [0.25, 0.3) is 0 Å². The fraction of sp³-hybridized carbons (Fsp3) is 0.759. The molecule has 3 spiro atoms. The monoisotopic (exact) mass is 465 g/mol. The summed E-state index contributed by atoms with van der Waals surface area (Å²) in [7, 11) is 0. The number of hydrogen-bond donors (Lipinski definition) is 1. The zero-order valence-corrected chi connectivity index (χ0v) is 21.7. The molecule has 4 saturated carbocycles. The Kier molecular flexibility index (Phi) is 3.57. The number of nitrogens with zero attached hydrogens (tertiary/aromatic N) is 1. The summed E-state index contributed by atoms with van der Waals surface area (Å²) in [5, 5.41) is 12.1. The molecule has 5 fully saturated rings. The molecule has 1 aromatic carbocycles. The van der Waals surface area contributed by atoms with E-state index in [0.29, 0.717) is 6.61 Å². The number of fused-ring (bicyclic) bond motifs is 2. The van der Waals surface area contributed by atoms with Gasteiger partial charge in [0.2, 0.25) is 0 Å². The van der Waals surface area contributed by atoms with E-state index in [2.05, 4.69) is 58.6 Å². The molecule has 2 heterocycles. The van der Waals surface area contributed by atoms with Crippen molar-refractivity contribution in [2.75, 3.05) is 6.61 Å². The lowest BCUT2D eigenvalue weighted by Crippen LogP contribution is -2.73. The highest BCUT2D eigenvalue weighted by Crippen LogP contribution is 2.86. The minimum atomic E-state index is -0.847. The quantitative estimate of drug-likeness (QED) is 0.615. The van der Waals surface area contributed by atoms with Crippen LogP contribution in [0.1, 0.15) is 83.9 Å². The third kappa shape index (κ3) is 1.88. The van der Waals surface area contributed by atoms with E-state index in [1.165, 1.54) is 16.7 Å². The highest BCUT2D eigenvalue weighted by molar-refractivity contribution is 5.78. The second kappa shape index (κ2) is 5.63. The van der Waals surface area contributed by atoms with Crippen LogP contribution in [-0.2, 0) is 16.6 Å². The Balaban J connectivity index is 1.48. The number of ether oxygens (including phenoxy) is 2. The first-order valence-electron chi connectivity index (χ1n) is 13.3. The van der Waals surface area contributed by atoms with Crippen LogP contribution < -0.4 is 4.74 Å². The van der Waals surface area contributed by atoms with Gasteiger partial charge in [0, 0.05) is 21.8 Å². The van der Waals surface area contributed by atoms with Gasteiger partial charge in [0.15, 0.2) is 0 Å². The van der Waals surface area contributed by atoms with E-state index < -0.39 is 5.60 Å². The Morgan fingerprint density at radius 2 is 2.00 bits per heavy atom. The van der Waals surface area contributed by atoms with E-state index in [4.69, 9.17) is 9.47 Å². The second-order valence-electron chi connectivity index (χ2n) is 14.0. The molecule has 7 aliphatic rings. The molecule has 1 aromatic rings. The van der Waals surface area contributed by atoms with Crippen molar-refractivity contribution in [2.24, 2.45) is 22.2 Å². The summed E-state index contributed by atoms with van der Waals surface area (Å²) >= 11 is 0. The average molecular weight is 466 g/mol. The van der Waals surface area contributed by atoms with Crippen molar-refractivity contribution in [2.45, 2.75) is 109 Å². The van der Waals surface area contributed by atoms with Crippen LogP contribution in [0.3, 0.4) is 0 Å². The van der Waals surface area contributed by atoms with Gasteiger partial charge in [-0.3, -0.25) is 4.90 Å². The summed E-state index contributed by atoms with van der Waals surface area (Å²) in [6.45, 7) is 15.4. The van der Waals surface area contributed by atoms with Gasteiger partial charge in [0.05, 0.1) is 23.8 Å². The number of aliphatic hydroxyl groups is 1. The summed E-state index contributed by atoms with van der Waals surface area (Å²) in [5.74, 6) is 1.21. The van der Waals surface area contributed by atoms with Crippen LogP contribution in [0.5, 0.6) is 5.75 Å². The first-order valence-corrected chi connectivity index (χ1v) is 13.3. The number of carbonyl (C=O) groups is 1. The molecular weight excluding hydrogens is 426 g/mol. The Bertz CT molecular complexity index is 1150. The van der Waals surface area contributed by atoms with Gasteiger partial charge >= 0.3 is 6.09 Å². The minimum Gasteiger partial charge on any atom is -0.488 e. The number of piperidine rings is 1. The summed E-state index contributed by atoms with van der Waals surface area (Å²) in [6.07, 6.45) is 4.85. The Labute approximate surface area is 203 Å². The molecule has 1 amide bonds. The molecule has 5 aliphatic carbocycles. The van der Waals surface area contributed by atoms with E-state index in [1.807, 2.05) is 6.92 Å². The number of rotatable bonds is 2. The zero-order valence-electron chi connectivity index (χ0n) is 21.7. The van der Waals surface area contributed by atoms with Gasteiger partial charge < -0.3 is 14.6 Å². The molecule has 5 nitrogen and oxygen atoms in total. The van der Waals surface area contributed by atoms with Gasteiger partial charge in [-0.2, -0.15) is 0 Å². The normalized spacial score (nSPS) is 45.9. The lowest BCUT2D eigenvalue weighted by atomic mass is 9.35. The van der Waals surface area contributed by atoms with Crippen LogP contribution in [0, 0.1) is 29.1 Å². The third-order valence-corrected chi connectivity index (χ3v) is 12.0. The third-order valence-electron chi connectivity index (χ3n) is 12.0. The van der Waals surface area contributed by atoms with Crippen molar-refractivity contribution in [3.05, 3.63) is 28.8 Å². The largest absolute Gasteiger partial charge is 0.488 e. The van der Waals surface area contributed by atoms with E-state index in [-0.39, 0.29) is 51.4 Å². The molecule has 6 unspecified atom stereocenters. The molecule has 184 valence electrons. The topological polar surface area (TPSA) is 58.8 Å². The maximum atomic E-state index is 13.2. The molecular formula is C29H39NO4. The highest BCUT2D eigenvalue weighted by atomic mass is 16.6. The second-order valence-corrected chi connectivity index (χ2v) is 14.0. The smallest absolute Gasteiger partial charge is 0.410 e. The van der Waals surface area contributed by atoms with E-state index in [1.54, 1.807) is 0 Å². The van der Waals surface area contributed by atoms with Crippen molar-refractivity contribution >= 4 is 6.09 Å². The molecule has 5 heteroatoms. The van der Waals surface area contributed by atoms with Crippen molar-refractivity contribution in [1.29, 1.82) is 0 Å². The van der Waals surface area contributed by atoms with Gasteiger partial charge in [-0.25, -0.2) is 4.79 Å². The number of amides is 1. The van der Waals surface area contributed by atoms with E-state index in [9.17, 15) is 9.90 Å². The molecule has 2 aliphatic heterocycles. The van der Waals surface area contributed by atoms with Gasteiger partial charge in [0.1, 0.15) is 11.9 Å². The Hall–Kier alpha value is -1.75. The van der Waals surface area contributed by atoms with Crippen molar-refractivity contribution in [3.63, 3.8) is 0 Å². The highest BCUT2D eigenvalue weighted by Gasteiger charge is 2.93. The number of hydrogen-bond acceptors (Lipinski definition) is 4. The fourth-order valence-corrected chi connectivity index (χ4v) is 10.2. The van der Waals surface area contributed by atoms with Crippen LogP contribution >= 0.6 is 0 Å². The van der Waals surface area contributed by atoms with Crippen molar-refractivity contribution in [1.82, 2.24) is 4.90 Å². The molecule has 34 heavy (non-hydrogen) atoms. The van der Waals surface area contributed by atoms with Crippen LogP contribution in [0.15, 0.2) is 12.1 Å². The van der Waals surface area contributed by atoms with E-state index >= 15 is 0 Å². The van der Waals surface area contributed by atoms with E-state index in [0.717, 1.165) is 37.9 Å². The fourth-order valence-electron chi connectivity index (χ4n) is 10.2. The first-order chi connectivity index (χ1) is 15.8. The standard InChI is InChI=1S/C29H39NO4/c1-8-33-23(31)30-21-27-12-11-25(6,18(14-27)26(7,32)24(3,4)5)22-29(27)15-28(21,30)13-17-10-9-16(2)20(34-22)19(17)29/h9-10,18,21-22,32H,8,11-15H2,1-7H3/t18?,21-,22?,25?,26?,27?,28?,29-,30?/m0/s1. The number of aryl methyl sites for hydroxylation is 1. The lowest BCUT2D eigenvalue weighted by molar-refractivity contribution is -0.245. The minimum absolute atomic E-state index is 0.0465. The number of carbonyl (C=O) groups excluding carboxylic acids is 1. The maximum absolute atomic E-state index is 13.2. The molecule has 4 bridgehead atoms. The molecule has 1 saturated heterocycles. The van der Waals surface area contributed by atoms with Crippen molar-refractivity contribution in [3.8, 4) is 5.75 Å². The van der Waals surface area contributed by atoms with Crippen molar-refractivity contribution < 1.29 is 19.4 Å². The molecule has 1 N–H and O–H groups in total. The Morgan fingerprint density at radius 1 is 1.26 bits per heavy atom. The summed E-state index contributed by atoms with van der Waals surface area (Å²) < 4.78 is 12.7. The molecule has 8 rings (SSSR count). The average Bonchev–Trinajstić information content (AvgIpc) is 3.11. The summed E-state index contributed by atoms with van der Waals surface area (Å²) in [6, 6.07) is 4.68. The van der Waals surface area contributed by atoms with Crippen LogP contribution in [-0.4, -0.2) is 46.0 Å². The van der Waals surface area contributed by atoms with Gasteiger partial charge in [0.25, 0.3) is 0 Å². The summed E-state index contributed by atoms with van der Waals surface area (Å²) in [4.78, 5) is 15.3. The predicted octanol–water partition coefficient (Wildman–Crippen LogP) is 5.14. The van der Waals surface area contributed by atoms with Gasteiger partial charge in [-0.15, -0.1) is 0 Å². The number of likely N-dealkylation sites (tertiary alicyclic amines) is 1. The number of benzene rings is 1. The van der Waals surface area contributed by atoms with Crippen LogP contribution in [0.4, 0.5) is 4.79 Å². The van der Waals surface area contributed by atoms with Crippen LogP contribution in [0.2, 0.25) is 0 Å².